The van der Waals surface area contributed by atoms with Gasteiger partial charge in [-0.3, -0.25) is 0 Å². The van der Waals surface area contributed by atoms with Crippen LogP contribution in [0.3, 0.4) is 0 Å². The predicted octanol–water partition coefficient (Wildman–Crippen LogP) is 3.31. The van der Waals surface area contributed by atoms with Gasteiger partial charge >= 0.3 is 0 Å². The zero-order valence-corrected chi connectivity index (χ0v) is 17.3. The number of nitriles is 1. The number of hydrogen-bond donors (Lipinski definition) is 1. The lowest BCUT2D eigenvalue weighted by atomic mass is 10.1. The lowest BCUT2D eigenvalue weighted by Crippen LogP contribution is -2.54. The zero-order chi connectivity index (χ0) is 20.8. The monoisotopic (exact) mass is 397 g/mol. The smallest absolute Gasteiger partial charge is 0.161 e. The van der Waals surface area contributed by atoms with Crippen molar-refractivity contribution in [3.8, 4) is 17.5 Å². The van der Waals surface area contributed by atoms with E-state index in [4.69, 9.17) is 4.98 Å². The van der Waals surface area contributed by atoms with Crippen molar-refractivity contribution in [2.75, 3.05) is 18.0 Å². The molecule has 5 rings (SSSR count). The average molecular weight is 397 g/mol. The summed E-state index contributed by atoms with van der Waals surface area (Å²) in [7, 11) is 0. The second kappa shape index (κ2) is 7.08. The van der Waals surface area contributed by atoms with Crippen LogP contribution in [0.15, 0.2) is 42.9 Å². The molecule has 0 saturated carbocycles. The Morgan fingerprint density at radius 1 is 1.10 bits per heavy atom. The zero-order valence-electron chi connectivity index (χ0n) is 17.3. The predicted molar refractivity (Wildman–Crippen MR) is 117 cm³/mol. The lowest BCUT2D eigenvalue weighted by molar-refractivity contribution is 0.407. The minimum absolute atomic E-state index is 0.458. The van der Waals surface area contributed by atoms with Gasteiger partial charge in [0.15, 0.2) is 11.5 Å². The highest BCUT2D eigenvalue weighted by Gasteiger charge is 2.21. The van der Waals surface area contributed by atoms with Gasteiger partial charge < -0.3 is 14.6 Å². The minimum atomic E-state index is 0.458. The summed E-state index contributed by atoms with van der Waals surface area (Å²) in [6.45, 7) is 8.31. The fourth-order valence-electron chi connectivity index (χ4n) is 4.32. The van der Waals surface area contributed by atoms with Crippen LogP contribution < -0.4 is 10.2 Å². The van der Waals surface area contributed by atoms with Gasteiger partial charge in [0.25, 0.3) is 0 Å². The molecule has 1 aromatic carbocycles. The van der Waals surface area contributed by atoms with Crippen molar-refractivity contribution in [2.24, 2.45) is 0 Å². The van der Waals surface area contributed by atoms with Crippen molar-refractivity contribution < 1.29 is 0 Å². The summed E-state index contributed by atoms with van der Waals surface area (Å²) in [5, 5.41) is 14.1. The molecule has 0 amide bonds. The summed E-state index contributed by atoms with van der Waals surface area (Å²) < 4.78 is 1.87. The number of aromatic nitrogens is 4. The Labute approximate surface area is 175 Å². The Morgan fingerprint density at radius 3 is 2.67 bits per heavy atom. The second-order valence-electron chi connectivity index (χ2n) is 8.18. The molecule has 7 nitrogen and oxygen atoms in total. The molecule has 4 heterocycles. The first-order chi connectivity index (χ1) is 14.5. The van der Waals surface area contributed by atoms with Crippen LogP contribution in [-0.4, -0.2) is 44.5 Å². The standard InChI is InChI=1S/C23H23N7/c1-14-10-29(11-15(2)26-14)20-4-5-21-18(7-20)9-25-22(28-21)19-6-17(8-24)23-27-16(3)12-30(23)13-19/h4-7,9,12-15,26H,10-11H2,1-3H3. The molecule has 1 fully saturated rings. The van der Waals surface area contributed by atoms with E-state index < -0.39 is 0 Å². The Bertz CT molecular complexity index is 1290. The highest BCUT2D eigenvalue weighted by molar-refractivity contribution is 5.83. The van der Waals surface area contributed by atoms with Gasteiger partial charge in [-0.1, -0.05) is 0 Å². The molecular formula is C23H23N7. The van der Waals surface area contributed by atoms with Crippen LogP contribution in [0.5, 0.6) is 0 Å². The number of imidazole rings is 1. The molecule has 150 valence electrons. The fourth-order valence-corrected chi connectivity index (χ4v) is 4.32. The molecule has 7 heteroatoms. The molecule has 30 heavy (non-hydrogen) atoms. The van der Waals surface area contributed by atoms with Gasteiger partial charge in [-0.25, -0.2) is 15.0 Å². The topological polar surface area (TPSA) is 82.1 Å². The lowest BCUT2D eigenvalue weighted by Gasteiger charge is -2.37. The van der Waals surface area contributed by atoms with E-state index in [-0.39, 0.29) is 0 Å². The second-order valence-corrected chi connectivity index (χ2v) is 8.18. The molecule has 1 aliphatic rings. The number of anilines is 1. The third-order valence-corrected chi connectivity index (χ3v) is 5.54. The quantitative estimate of drug-likeness (QED) is 0.559. The molecule has 1 N–H and O–H groups in total. The summed E-state index contributed by atoms with van der Waals surface area (Å²) in [5.74, 6) is 0.601. The van der Waals surface area contributed by atoms with E-state index in [1.54, 1.807) is 6.07 Å². The molecule has 1 saturated heterocycles. The number of fused-ring (bicyclic) bond motifs is 2. The van der Waals surface area contributed by atoms with E-state index in [1.807, 2.05) is 29.9 Å². The number of aryl methyl sites for hydroxylation is 1. The molecule has 0 bridgehead atoms. The summed E-state index contributed by atoms with van der Waals surface area (Å²) in [4.78, 5) is 16.2. The van der Waals surface area contributed by atoms with Crippen LogP contribution in [0.1, 0.15) is 25.1 Å². The number of piperazine rings is 1. The Hall–Kier alpha value is -3.50. The molecule has 3 aromatic heterocycles. The van der Waals surface area contributed by atoms with Crippen LogP contribution in [0.25, 0.3) is 27.9 Å². The van der Waals surface area contributed by atoms with Crippen molar-refractivity contribution in [3.63, 3.8) is 0 Å². The van der Waals surface area contributed by atoms with Crippen LogP contribution in [0.2, 0.25) is 0 Å². The van der Waals surface area contributed by atoms with Gasteiger partial charge in [-0.2, -0.15) is 5.26 Å². The first-order valence-electron chi connectivity index (χ1n) is 10.2. The summed E-state index contributed by atoms with van der Waals surface area (Å²) in [6.07, 6.45) is 5.70. The number of benzene rings is 1. The van der Waals surface area contributed by atoms with Crippen molar-refractivity contribution in [3.05, 3.63) is 54.1 Å². The van der Waals surface area contributed by atoms with Crippen LogP contribution in [-0.2, 0) is 0 Å². The third-order valence-electron chi connectivity index (χ3n) is 5.54. The third kappa shape index (κ3) is 3.25. The van der Waals surface area contributed by atoms with E-state index >= 15 is 0 Å². The van der Waals surface area contributed by atoms with E-state index in [9.17, 15) is 5.26 Å². The van der Waals surface area contributed by atoms with Gasteiger partial charge in [0, 0.05) is 60.4 Å². The molecule has 0 spiro atoms. The highest BCUT2D eigenvalue weighted by atomic mass is 15.2. The summed E-state index contributed by atoms with van der Waals surface area (Å²) >= 11 is 0. The molecule has 4 aromatic rings. The highest BCUT2D eigenvalue weighted by Crippen LogP contribution is 2.26. The van der Waals surface area contributed by atoms with Gasteiger partial charge in [0.1, 0.15) is 6.07 Å². The largest absolute Gasteiger partial charge is 0.368 e. The minimum Gasteiger partial charge on any atom is -0.368 e. The SMILES string of the molecule is Cc1cn2cc(-c3ncc4cc(N5CC(C)NC(C)C5)ccc4n3)cc(C#N)c2n1. The van der Waals surface area contributed by atoms with Crippen molar-refractivity contribution in [2.45, 2.75) is 32.9 Å². The fraction of sp³-hybridized carbons (Fsp3) is 0.304. The van der Waals surface area contributed by atoms with Crippen LogP contribution in [0.4, 0.5) is 5.69 Å². The normalized spacial score (nSPS) is 19.3. The summed E-state index contributed by atoms with van der Waals surface area (Å²) in [5.41, 5.74) is 4.92. The first-order valence-corrected chi connectivity index (χ1v) is 10.2. The van der Waals surface area contributed by atoms with Gasteiger partial charge in [-0.15, -0.1) is 0 Å². The number of nitrogens with one attached hydrogen (secondary N) is 1. The van der Waals surface area contributed by atoms with Gasteiger partial charge in [-0.05, 0) is 45.0 Å². The molecular weight excluding hydrogens is 374 g/mol. The van der Waals surface area contributed by atoms with Crippen molar-refractivity contribution in [1.29, 1.82) is 5.26 Å². The van der Waals surface area contributed by atoms with Crippen LogP contribution >= 0.6 is 0 Å². The van der Waals surface area contributed by atoms with Gasteiger partial charge in [0.2, 0.25) is 0 Å². The van der Waals surface area contributed by atoms with Crippen molar-refractivity contribution in [1.82, 2.24) is 24.7 Å². The first kappa shape index (κ1) is 18.5. The van der Waals surface area contributed by atoms with Crippen molar-refractivity contribution >= 4 is 22.2 Å². The number of nitrogens with zero attached hydrogens (tertiary/aromatic N) is 6. The Balaban J connectivity index is 1.53. The number of hydrogen-bond acceptors (Lipinski definition) is 6. The maximum Gasteiger partial charge on any atom is 0.161 e. The van der Waals surface area contributed by atoms with Gasteiger partial charge in [0.05, 0.1) is 16.8 Å². The Morgan fingerprint density at radius 2 is 1.90 bits per heavy atom. The van der Waals surface area contributed by atoms with E-state index in [0.717, 1.165) is 35.2 Å². The summed E-state index contributed by atoms with van der Waals surface area (Å²) in [6, 6.07) is 11.3. The maximum absolute atomic E-state index is 9.53. The molecule has 1 aliphatic heterocycles. The average Bonchev–Trinajstić information content (AvgIpc) is 3.11. The number of rotatable bonds is 2. The van der Waals surface area contributed by atoms with Crippen LogP contribution in [0, 0.1) is 18.3 Å². The molecule has 0 aliphatic carbocycles. The maximum atomic E-state index is 9.53. The van der Waals surface area contributed by atoms with E-state index in [1.165, 1.54) is 5.69 Å². The molecule has 0 radical (unpaired) electrons. The number of pyridine rings is 1. The Kier molecular flexibility index (Phi) is 4.37. The molecule has 2 atom stereocenters. The van der Waals surface area contributed by atoms with E-state index in [0.29, 0.717) is 29.1 Å². The van der Waals surface area contributed by atoms with E-state index in [2.05, 4.69) is 58.3 Å². The molecule has 2 unspecified atom stereocenters.